The van der Waals surface area contributed by atoms with E-state index in [0.29, 0.717) is 19.8 Å². The molecule has 1 N–H and O–H groups in total. The fourth-order valence-electron chi connectivity index (χ4n) is 3.38. The molecule has 1 amide bonds. The van der Waals surface area contributed by atoms with Crippen LogP contribution in [0.1, 0.15) is 23.5 Å². The first-order valence-corrected chi connectivity index (χ1v) is 8.82. The summed E-state index contributed by atoms with van der Waals surface area (Å²) in [6, 6.07) is 19.4. The van der Waals surface area contributed by atoms with Crippen LogP contribution < -0.4 is 0 Å². The average molecular weight is 353 g/mol. The topological polar surface area (TPSA) is 66.8 Å². The Balaban J connectivity index is 1.52. The molecule has 1 aliphatic rings. The van der Waals surface area contributed by atoms with E-state index >= 15 is 0 Å². The van der Waals surface area contributed by atoms with E-state index in [9.17, 15) is 14.7 Å². The minimum atomic E-state index is -0.852. The molecular formula is C21H23NO4. The number of carboxylic acid groups (broad SMARTS) is 1. The summed E-state index contributed by atoms with van der Waals surface area (Å²) in [5.74, 6) is -1.63. The molecule has 5 nitrogen and oxygen atoms in total. The predicted octanol–water partition coefficient (Wildman–Crippen LogP) is 2.92. The van der Waals surface area contributed by atoms with Crippen LogP contribution in [0.4, 0.5) is 0 Å². The molecule has 136 valence electrons. The Kier molecular flexibility index (Phi) is 6.02. The van der Waals surface area contributed by atoms with Crippen molar-refractivity contribution in [3.05, 3.63) is 71.8 Å². The van der Waals surface area contributed by atoms with Crippen LogP contribution in [0.15, 0.2) is 60.7 Å². The molecule has 26 heavy (non-hydrogen) atoms. The van der Waals surface area contributed by atoms with Gasteiger partial charge in [-0.15, -0.1) is 0 Å². The maximum atomic E-state index is 12.5. The second-order valence-corrected chi connectivity index (χ2v) is 6.55. The molecular weight excluding hydrogens is 330 g/mol. The number of ether oxygens (including phenoxy) is 1. The third kappa shape index (κ3) is 4.49. The van der Waals surface area contributed by atoms with Crippen molar-refractivity contribution in [1.29, 1.82) is 0 Å². The Labute approximate surface area is 153 Å². The minimum Gasteiger partial charge on any atom is -0.481 e. The van der Waals surface area contributed by atoms with Crippen molar-refractivity contribution < 1.29 is 19.4 Å². The summed E-state index contributed by atoms with van der Waals surface area (Å²) in [4.78, 5) is 25.7. The van der Waals surface area contributed by atoms with Crippen LogP contribution in [0.2, 0.25) is 0 Å². The highest BCUT2D eigenvalue weighted by atomic mass is 16.5. The Bertz CT molecular complexity index is 732. The number of hydrogen-bond acceptors (Lipinski definition) is 3. The lowest BCUT2D eigenvalue weighted by molar-refractivity contribution is -0.141. The number of hydrogen-bond donors (Lipinski definition) is 1. The number of nitrogens with zero attached hydrogens (tertiary/aromatic N) is 1. The predicted molar refractivity (Wildman–Crippen MR) is 97.6 cm³/mol. The summed E-state index contributed by atoms with van der Waals surface area (Å²) in [6.45, 7) is 1.50. The van der Waals surface area contributed by atoms with Crippen LogP contribution in [0.5, 0.6) is 0 Å². The van der Waals surface area contributed by atoms with Crippen molar-refractivity contribution in [2.24, 2.45) is 5.92 Å². The van der Waals surface area contributed by atoms with Gasteiger partial charge in [-0.3, -0.25) is 9.59 Å². The van der Waals surface area contributed by atoms with Gasteiger partial charge < -0.3 is 14.7 Å². The van der Waals surface area contributed by atoms with Crippen molar-refractivity contribution in [3.8, 4) is 0 Å². The Morgan fingerprint density at radius 2 is 1.65 bits per heavy atom. The highest BCUT2D eigenvalue weighted by molar-refractivity contribution is 5.79. The van der Waals surface area contributed by atoms with Crippen molar-refractivity contribution in [1.82, 2.24) is 4.90 Å². The average Bonchev–Trinajstić information content (AvgIpc) is 3.12. The van der Waals surface area contributed by atoms with E-state index < -0.39 is 11.9 Å². The monoisotopic (exact) mass is 353 g/mol. The molecule has 1 aliphatic heterocycles. The zero-order valence-electron chi connectivity index (χ0n) is 14.6. The summed E-state index contributed by atoms with van der Waals surface area (Å²) in [5.41, 5.74) is 2.03. The minimum absolute atomic E-state index is 0.0530. The highest BCUT2D eigenvalue weighted by Gasteiger charge is 2.40. The van der Waals surface area contributed by atoms with Gasteiger partial charge in [0.05, 0.1) is 25.6 Å². The summed E-state index contributed by atoms with van der Waals surface area (Å²) in [5, 5.41) is 9.52. The Hall–Kier alpha value is -2.66. The largest absolute Gasteiger partial charge is 0.481 e. The Morgan fingerprint density at radius 3 is 2.31 bits per heavy atom. The van der Waals surface area contributed by atoms with Gasteiger partial charge in [0.1, 0.15) is 0 Å². The van der Waals surface area contributed by atoms with Crippen LogP contribution in [-0.2, 0) is 20.9 Å². The smallest absolute Gasteiger partial charge is 0.308 e. The second-order valence-electron chi connectivity index (χ2n) is 6.55. The van der Waals surface area contributed by atoms with Crippen LogP contribution in [0.25, 0.3) is 0 Å². The second kappa shape index (κ2) is 8.63. The normalized spacial score (nSPS) is 19.5. The first kappa shape index (κ1) is 18.1. The van der Waals surface area contributed by atoms with Gasteiger partial charge in [-0.25, -0.2) is 0 Å². The van der Waals surface area contributed by atoms with Crippen LogP contribution in [0, 0.1) is 5.92 Å². The van der Waals surface area contributed by atoms with Crippen molar-refractivity contribution >= 4 is 11.9 Å². The molecule has 1 heterocycles. The number of likely N-dealkylation sites (tertiary alicyclic amines) is 1. The molecule has 2 aromatic carbocycles. The lowest BCUT2D eigenvalue weighted by Gasteiger charge is -2.16. The quantitative estimate of drug-likeness (QED) is 0.777. The van der Waals surface area contributed by atoms with Gasteiger partial charge in [0, 0.05) is 19.0 Å². The van der Waals surface area contributed by atoms with Crippen LogP contribution >= 0.6 is 0 Å². The maximum Gasteiger partial charge on any atom is 0.308 e. The number of amides is 1. The standard InChI is InChI=1S/C21H23NO4/c23-20(11-12-26-15-16-7-3-1-4-8-16)22-13-18(19(14-22)21(24)25)17-9-5-2-6-10-17/h1-10,18-19H,11-15H2,(H,24,25). The fourth-order valence-corrected chi connectivity index (χ4v) is 3.38. The molecule has 0 aromatic heterocycles. The van der Waals surface area contributed by atoms with E-state index in [0.717, 1.165) is 11.1 Å². The van der Waals surface area contributed by atoms with Gasteiger partial charge in [0.25, 0.3) is 0 Å². The van der Waals surface area contributed by atoms with E-state index in [1.807, 2.05) is 60.7 Å². The molecule has 5 heteroatoms. The van der Waals surface area contributed by atoms with Gasteiger partial charge in [0.2, 0.25) is 5.91 Å². The molecule has 2 aromatic rings. The summed E-state index contributed by atoms with van der Waals surface area (Å²) >= 11 is 0. The molecule has 1 saturated heterocycles. The first-order chi connectivity index (χ1) is 12.6. The van der Waals surface area contributed by atoms with E-state index in [2.05, 4.69) is 0 Å². The summed E-state index contributed by atoms with van der Waals surface area (Å²) < 4.78 is 5.57. The van der Waals surface area contributed by atoms with Crippen LogP contribution in [-0.4, -0.2) is 41.6 Å². The van der Waals surface area contributed by atoms with E-state index in [1.54, 1.807) is 4.90 Å². The number of rotatable bonds is 7. The number of carboxylic acids is 1. The highest BCUT2D eigenvalue weighted by Crippen LogP contribution is 2.33. The number of aliphatic carboxylic acids is 1. The van der Waals surface area contributed by atoms with Gasteiger partial charge in [-0.2, -0.15) is 0 Å². The molecule has 0 bridgehead atoms. The molecule has 1 fully saturated rings. The van der Waals surface area contributed by atoms with E-state index in [-0.39, 0.29) is 24.8 Å². The lowest BCUT2D eigenvalue weighted by Crippen LogP contribution is -2.30. The lowest BCUT2D eigenvalue weighted by atomic mass is 9.89. The molecule has 0 radical (unpaired) electrons. The van der Waals surface area contributed by atoms with Gasteiger partial charge in [0.15, 0.2) is 0 Å². The maximum absolute atomic E-state index is 12.5. The molecule has 0 saturated carbocycles. The van der Waals surface area contributed by atoms with E-state index in [4.69, 9.17) is 4.74 Å². The third-order valence-corrected chi connectivity index (χ3v) is 4.79. The van der Waals surface area contributed by atoms with Gasteiger partial charge in [-0.05, 0) is 11.1 Å². The molecule has 2 unspecified atom stereocenters. The first-order valence-electron chi connectivity index (χ1n) is 8.82. The van der Waals surface area contributed by atoms with Crippen molar-refractivity contribution in [3.63, 3.8) is 0 Å². The molecule has 2 atom stereocenters. The van der Waals surface area contributed by atoms with Crippen molar-refractivity contribution in [2.45, 2.75) is 18.9 Å². The SMILES string of the molecule is O=C(O)C1CN(C(=O)CCOCc2ccccc2)CC1c1ccccc1. The number of carbonyl (C=O) groups is 2. The van der Waals surface area contributed by atoms with Gasteiger partial charge in [-0.1, -0.05) is 60.7 Å². The zero-order chi connectivity index (χ0) is 18.4. The van der Waals surface area contributed by atoms with Crippen molar-refractivity contribution in [2.75, 3.05) is 19.7 Å². The molecule has 0 aliphatic carbocycles. The van der Waals surface area contributed by atoms with E-state index in [1.165, 1.54) is 0 Å². The van der Waals surface area contributed by atoms with Crippen LogP contribution in [0.3, 0.4) is 0 Å². The molecule has 0 spiro atoms. The molecule has 3 rings (SSSR count). The third-order valence-electron chi connectivity index (χ3n) is 4.79. The summed E-state index contributed by atoms with van der Waals surface area (Å²) in [6.07, 6.45) is 0.265. The zero-order valence-corrected chi connectivity index (χ0v) is 14.6. The number of benzene rings is 2. The number of carbonyl (C=O) groups excluding carboxylic acids is 1. The fraction of sp³-hybridized carbons (Fsp3) is 0.333. The summed E-state index contributed by atoms with van der Waals surface area (Å²) in [7, 11) is 0. The Morgan fingerprint density at radius 1 is 1.00 bits per heavy atom. The van der Waals surface area contributed by atoms with Gasteiger partial charge >= 0.3 is 5.97 Å².